The van der Waals surface area contributed by atoms with E-state index in [1.165, 1.54) is 39.1 Å². The van der Waals surface area contributed by atoms with E-state index >= 15 is 0 Å². The average molecular weight is 368 g/mol. The minimum atomic E-state index is -3.51. The molecule has 3 atom stereocenters. The van der Waals surface area contributed by atoms with Crippen LogP contribution in [0.1, 0.15) is 33.1 Å². The van der Waals surface area contributed by atoms with Gasteiger partial charge in [-0.15, -0.1) is 0 Å². The molecule has 25 heavy (non-hydrogen) atoms. The van der Waals surface area contributed by atoms with E-state index in [2.05, 4.69) is 24.5 Å². The van der Waals surface area contributed by atoms with Crippen molar-refractivity contribution in [3.05, 3.63) is 24.3 Å². The molecule has 0 unspecified atom stereocenters. The van der Waals surface area contributed by atoms with Crippen LogP contribution in [0, 0.1) is 11.8 Å². The van der Waals surface area contributed by atoms with Crippen LogP contribution >= 0.6 is 0 Å². The normalized spacial score (nSPS) is 24.3. The molecule has 7 heteroatoms. The Bertz CT molecular complexity index is 703. The van der Waals surface area contributed by atoms with Crippen LogP contribution in [0.4, 0.5) is 5.69 Å². The van der Waals surface area contributed by atoms with Gasteiger partial charge >= 0.3 is 0 Å². The third-order valence-corrected chi connectivity index (χ3v) is 6.94. The maximum atomic E-state index is 12.2. The fourth-order valence-corrected chi connectivity index (χ4v) is 4.19. The predicted molar refractivity (Wildman–Crippen MR) is 99.9 cm³/mol. The molecule has 0 radical (unpaired) electrons. The molecule has 0 heterocycles. The highest BCUT2D eigenvalue weighted by Crippen LogP contribution is 2.29. The number of benzene rings is 1. The van der Waals surface area contributed by atoms with Crippen molar-refractivity contribution >= 4 is 21.6 Å². The third kappa shape index (κ3) is 5.03. The maximum absolute atomic E-state index is 12.2. The molecular weight excluding hydrogens is 338 g/mol. The zero-order chi connectivity index (χ0) is 18.6. The lowest BCUT2D eigenvalue weighted by atomic mass is 9.78. The highest BCUT2D eigenvalue weighted by atomic mass is 32.2. The third-order valence-electron chi connectivity index (χ3n) is 5.13. The van der Waals surface area contributed by atoms with Crippen molar-refractivity contribution in [1.82, 2.24) is 9.62 Å². The number of hydrogen-bond acceptors (Lipinski definition) is 4. The largest absolute Gasteiger partial charge is 0.325 e. The summed E-state index contributed by atoms with van der Waals surface area (Å²) in [6, 6.07) is 6.68. The molecule has 1 aliphatic rings. The van der Waals surface area contributed by atoms with E-state index in [9.17, 15) is 13.2 Å². The van der Waals surface area contributed by atoms with E-state index in [0.29, 0.717) is 23.6 Å². The van der Waals surface area contributed by atoms with Gasteiger partial charge < -0.3 is 10.6 Å². The second kappa shape index (κ2) is 8.29. The van der Waals surface area contributed by atoms with E-state index in [1.807, 2.05) is 0 Å². The number of carbonyl (C=O) groups is 1. The molecule has 0 spiro atoms. The first kappa shape index (κ1) is 19.9. The van der Waals surface area contributed by atoms with Gasteiger partial charge in [0, 0.05) is 25.8 Å². The van der Waals surface area contributed by atoms with Crippen molar-refractivity contribution in [3.8, 4) is 0 Å². The first-order valence-corrected chi connectivity index (χ1v) is 10.2. The number of sulfonamides is 1. The quantitative estimate of drug-likeness (QED) is 0.809. The lowest BCUT2D eigenvalue weighted by Crippen LogP contribution is -2.43. The van der Waals surface area contributed by atoms with Crippen molar-refractivity contribution < 1.29 is 13.2 Å². The monoisotopic (exact) mass is 367 g/mol. The van der Waals surface area contributed by atoms with E-state index in [1.54, 1.807) is 12.1 Å². The van der Waals surface area contributed by atoms with Crippen LogP contribution in [0.2, 0.25) is 0 Å². The second-order valence-corrected chi connectivity index (χ2v) is 9.27. The summed E-state index contributed by atoms with van der Waals surface area (Å²) in [5, 5.41) is 6.12. The fraction of sp³-hybridized carbons (Fsp3) is 0.611. The van der Waals surface area contributed by atoms with Crippen LogP contribution in [0.25, 0.3) is 0 Å². The molecule has 1 aromatic carbocycles. The van der Waals surface area contributed by atoms with Gasteiger partial charge in [-0.1, -0.05) is 32.8 Å². The van der Waals surface area contributed by atoms with Crippen LogP contribution in [0.15, 0.2) is 29.2 Å². The van der Waals surface area contributed by atoms with Gasteiger partial charge in [-0.05, 0) is 36.5 Å². The summed E-state index contributed by atoms with van der Waals surface area (Å²) in [7, 11) is -0.546. The molecule has 1 fully saturated rings. The summed E-state index contributed by atoms with van der Waals surface area (Å²) in [6.07, 6.45) is 3.53. The number of carbonyl (C=O) groups excluding carboxylic acids is 1. The Morgan fingerprint density at radius 3 is 2.64 bits per heavy atom. The molecule has 140 valence electrons. The summed E-state index contributed by atoms with van der Waals surface area (Å²) >= 11 is 0. The Morgan fingerprint density at radius 1 is 1.24 bits per heavy atom. The van der Waals surface area contributed by atoms with Crippen LogP contribution in [0.3, 0.4) is 0 Å². The van der Waals surface area contributed by atoms with Gasteiger partial charge in [-0.2, -0.15) is 0 Å². The molecule has 2 rings (SSSR count). The fourth-order valence-electron chi connectivity index (χ4n) is 3.24. The van der Waals surface area contributed by atoms with Crippen LogP contribution in [-0.2, 0) is 14.8 Å². The van der Waals surface area contributed by atoms with E-state index in [-0.39, 0.29) is 17.3 Å². The van der Waals surface area contributed by atoms with Gasteiger partial charge in [0.2, 0.25) is 15.9 Å². The van der Waals surface area contributed by atoms with Gasteiger partial charge in [-0.25, -0.2) is 12.7 Å². The molecule has 0 aromatic heterocycles. The van der Waals surface area contributed by atoms with Gasteiger partial charge in [0.1, 0.15) is 0 Å². The Balaban J connectivity index is 1.95. The number of nitrogens with one attached hydrogen (secondary N) is 2. The van der Waals surface area contributed by atoms with E-state index < -0.39 is 10.0 Å². The molecule has 1 amide bonds. The first-order chi connectivity index (χ1) is 11.7. The number of nitrogens with zero attached hydrogens (tertiary/aromatic N) is 1. The van der Waals surface area contributed by atoms with Crippen molar-refractivity contribution in [2.45, 2.75) is 44.0 Å². The summed E-state index contributed by atoms with van der Waals surface area (Å²) < 4.78 is 25.5. The Morgan fingerprint density at radius 2 is 1.96 bits per heavy atom. The summed E-state index contributed by atoms with van der Waals surface area (Å²) in [4.78, 5) is 12.4. The maximum Gasteiger partial charge on any atom is 0.242 e. The first-order valence-electron chi connectivity index (χ1n) is 8.77. The minimum Gasteiger partial charge on any atom is -0.325 e. The van der Waals surface area contributed by atoms with Crippen molar-refractivity contribution in [2.75, 3.05) is 26.0 Å². The van der Waals surface area contributed by atoms with Gasteiger partial charge in [-0.3, -0.25) is 4.79 Å². The Labute approximate surface area is 151 Å². The topological polar surface area (TPSA) is 78.5 Å². The molecular formula is C18H29N3O3S. The highest BCUT2D eigenvalue weighted by Gasteiger charge is 2.27. The molecule has 0 bridgehead atoms. The molecule has 6 nitrogen and oxygen atoms in total. The zero-order valence-electron chi connectivity index (χ0n) is 15.5. The molecule has 1 saturated carbocycles. The van der Waals surface area contributed by atoms with Crippen molar-refractivity contribution in [2.24, 2.45) is 11.8 Å². The Kier molecular flexibility index (Phi) is 6.59. The number of anilines is 1. The Hall–Kier alpha value is -1.44. The number of rotatable bonds is 6. The second-order valence-electron chi connectivity index (χ2n) is 7.12. The van der Waals surface area contributed by atoms with E-state index in [0.717, 1.165) is 10.7 Å². The van der Waals surface area contributed by atoms with Gasteiger partial charge in [0.25, 0.3) is 0 Å². The molecule has 0 saturated heterocycles. The summed E-state index contributed by atoms with van der Waals surface area (Å²) in [6.45, 7) is 4.72. The van der Waals surface area contributed by atoms with Crippen molar-refractivity contribution in [3.63, 3.8) is 0 Å². The lowest BCUT2D eigenvalue weighted by Gasteiger charge is -2.34. The van der Waals surface area contributed by atoms with Crippen LogP contribution in [-0.4, -0.2) is 45.3 Å². The SMILES string of the molecule is C[C@@H]1[C@H](C)CCC[C@@H]1NCC(=O)Nc1cccc(S(=O)(=O)N(C)C)c1. The standard InChI is InChI=1S/C18H29N3O3S/c1-13-7-5-10-17(14(13)2)19-12-18(22)20-15-8-6-9-16(11-15)25(23,24)21(3)4/h6,8-9,11,13-14,17,19H,5,7,10,12H2,1-4H3,(H,20,22)/t13-,14-,17+/m1/s1. The highest BCUT2D eigenvalue weighted by molar-refractivity contribution is 7.89. The zero-order valence-corrected chi connectivity index (χ0v) is 16.3. The molecule has 0 aliphatic heterocycles. The van der Waals surface area contributed by atoms with Crippen LogP contribution < -0.4 is 10.6 Å². The predicted octanol–water partition coefficient (Wildman–Crippen LogP) is 2.29. The van der Waals surface area contributed by atoms with Gasteiger partial charge in [0.15, 0.2) is 0 Å². The number of hydrogen-bond donors (Lipinski definition) is 2. The van der Waals surface area contributed by atoms with Gasteiger partial charge in [0.05, 0.1) is 11.4 Å². The van der Waals surface area contributed by atoms with Crippen LogP contribution in [0.5, 0.6) is 0 Å². The average Bonchev–Trinajstić information content (AvgIpc) is 2.56. The smallest absolute Gasteiger partial charge is 0.242 e. The van der Waals surface area contributed by atoms with Crippen molar-refractivity contribution in [1.29, 1.82) is 0 Å². The number of amides is 1. The van der Waals surface area contributed by atoms with E-state index in [4.69, 9.17) is 0 Å². The minimum absolute atomic E-state index is 0.162. The summed E-state index contributed by atoms with van der Waals surface area (Å²) in [5.74, 6) is 1.06. The summed E-state index contributed by atoms with van der Waals surface area (Å²) in [5.41, 5.74) is 0.486. The lowest BCUT2D eigenvalue weighted by molar-refractivity contribution is -0.115. The molecule has 1 aromatic rings. The molecule has 2 N–H and O–H groups in total. The molecule has 1 aliphatic carbocycles.